The molecule has 102 valence electrons. The smallest absolute Gasteiger partial charge is 0.133 e. The summed E-state index contributed by atoms with van der Waals surface area (Å²) in [7, 11) is 7.40. The molecule has 0 spiro atoms. The molecular weight excluding hydrogens is 296 g/mol. The van der Waals surface area contributed by atoms with E-state index < -0.39 is 0 Å². The summed E-state index contributed by atoms with van der Waals surface area (Å²) >= 11 is 3.46. The molecule has 1 N–H and O–H groups in total. The molecule has 5 heteroatoms. The van der Waals surface area contributed by atoms with Crippen LogP contribution in [0.1, 0.15) is 5.56 Å². The van der Waals surface area contributed by atoms with Gasteiger partial charge in [-0.2, -0.15) is 0 Å². The van der Waals surface area contributed by atoms with Gasteiger partial charge in [0.2, 0.25) is 0 Å². The Morgan fingerprint density at radius 1 is 1.22 bits per heavy atom. The van der Waals surface area contributed by atoms with Gasteiger partial charge in [0.15, 0.2) is 0 Å². The molecule has 0 radical (unpaired) electrons. The minimum atomic E-state index is 0.827. The second-order valence-corrected chi connectivity index (χ2v) is 4.99. The Labute approximate surface area is 117 Å². The molecule has 0 unspecified atom stereocenters. The average Bonchev–Trinajstić information content (AvgIpc) is 2.37. The van der Waals surface area contributed by atoms with Crippen molar-refractivity contribution in [1.29, 1.82) is 0 Å². The Bertz CT molecular complexity index is 385. The Morgan fingerprint density at radius 3 is 2.44 bits per heavy atom. The number of likely N-dealkylation sites (N-methyl/N-ethyl adjacent to an activating group) is 2. The third kappa shape index (κ3) is 4.15. The number of ether oxygens (including phenoxy) is 2. The van der Waals surface area contributed by atoms with Crippen molar-refractivity contribution in [2.75, 3.05) is 41.4 Å². The molecule has 0 fully saturated rings. The molecule has 4 nitrogen and oxygen atoms in total. The van der Waals surface area contributed by atoms with Gasteiger partial charge >= 0.3 is 0 Å². The molecule has 0 aliphatic heterocycles. The summed E-state index contributed by atoms with van der Waals surface area (Å²) in [5.74, 6) is 1.70. The van der Waals surface area contributed by atoms with E-state index in [9.17, 15) is 0 Å². The van der Waals surface area contributed by atoms with Gasteiger partial charge in [-0.25, -0.2) is 0 Å². The first-order valence-electron chi connectivity index (χ1n) is 5.86. The molecule has 1 aromatic carbocycles. The van der Waals surface area contributed by atoms with E-state index in [4.69, 9.17) is 9.47 Å². The molecule has 0 aliphatic rings. The summed E-state index contributed by atoms with van der Waals surface area (Å²) < 4.78 is 11.6. The normalized spacial score (nSPS) is 10.8. The number of methoxy groups -OCH3 is 2. The number of hydrogen-bond donors (Lipinski definition) is 1. The molecule has 0 saturated carbocycles. The Hall–Kier alpha value is -0.780. The third-order valence-corrected chi connectivity index (χ3v) is 3.36. The molecule has 18 heavy (non-hydrogen) atoms. The Kier molecular flexibility index (Phi) is 6.46. The number of hydrogen-bond acceptors (Lipinski definition) is 4. The summed E-state index contributed by atoms with van der Waals surface area (Å²) in [6.07, 6.45) is 0. The van der Waals surface area contributed by atoms with Crippen LogP contribution in [0.15, 0.2) is 16.6 Å². The molecular formula is C13H21BrN2O2. The van der Waals surface area contributed by atoms with E-state index in [1.54, 1.807) is 14.2 Å². The second-order valence-electron chi connectivity index (χ2n) is 4.14. The van der Waals surface area contributed by atoms with Gasteiger partial charge in [-0.15, -0.1) is 0 Å². The van der Waals surface area contributed by atoms with Gasteiger partial charge in [0.05, 0.1) is 18.7 Å². The van der Waals surface area contributed by atoms with Crippen molar-refractivity contribution < 1.29 is 9.47 Å². The van der Waals surface area contributed by atoms with E-state index in [1.165, 1.54) is 0 Å². The predicted molar refractivity (Wildman–Crippen MR) is 77.5 cm³/mol. The molecule has 1 rings (SSSR count). The lowest BCUT2D eigenvalue weighted by molar-refractivity contribution is 0.317. The van der Waals surface area contributed by atoms with Crippen LogP contribution in [0.5, 0.6) is 11.5 Å². The van der Waals surface area contributed by atoms with Gasteiger partial charge in [-0.1, -0.05) is 0 Å². The van der Waals surface area contributed by atoms with E-state index in [1.807, 2.05) is 19.2 Å². The van der Waals surface area contributed by atoms with Crippen LogP contribution in [-0.4, -0.2) is 46.3 Å². The van der Waals surface area contributed by atoms with Crippen molar-refractivity contribution in [3.8, 4) is 11.5 Å². The maximum Gasteiger partial charge on any atom is 0.133 e. The van der Waals surface area contributed by atoms with E-state index in [0.29, 0.717) is 0 Å². The molecule has 0 aromatic heterocycles. The van der Waals surface area contributed by atoms with Gasteiger partial charge in [0.25, 0.3) is 0 Å². The molecule has 0 heterocycles. The molecule has 0 bridgehead atoms. The monoisotopic (exact) mass is 316 g/mol. The molecule has 0 saturated heterocycles. The van der Waals surface area contributed by atoms with Crippen LogP contribution in [-0.2, 0) is 6.54 Å². The summed E-state index contributed by atoms with van der Waals surface area (Å²) in [4.78, 5) is 2.24. The summed E-state index contributed by atoms with van der Waals surface area (Å²) in [5.41, 5.74) is 1.12. The van der Waals surface area contributed by atoms with Crippen LogP contribution >= 0.6 is 15.9 Å². The van der Waals surface area contributed by atoms with E-state index in [0.717, 1.165) is 41.2 Å². The highest BCUT2D eigenvalue weighted by molar-refractivity contribution is 9.10. The number of nitrogens with one attached hydrogen (secondary N) is 1. The SMILES string of the molecule is CNCCN(C)Cc1cc(OC)c(Br)cc1OC. The first-order valence-corrected chi connectivity index (χ1v) is 6.65. The lowest BCUT2D eigenvalue weighted by atomic mass is 10.1. The first-order chi connectivity index (χ1) is 8.62. The standard InChI is InChI=1S/C13H21BrN2O2/c1-15-5-6-16(2)9-10-7-13(18-4)11(14)8-12(10)17-3/h7-8,15H,5-6,9H2,1-4H3. The minimum Gasteiger partial charge on any atom is -0.496 e. The topological polar surface area (TPSA) is 33.7 Å². The van der Waals surface area contributed by atoms with E-state index in [2.05, 4.69) is 33.2 Å². The predicted octanol–water partition coefficient (Wildman–Crippen LogP) is 2.12. The van der Waals surface area contributed by atoms with Gasteiger partial charge in [0, 0.05) is 25.2 Å². The fourth-order valence-corrected chi connectivity index (χ4v) is 2.20. The summed E-state index contributed by atoms with van der Waals surface area (Å²) in [6.45, 7) is 2.78. The lowest BCUT2D eigenvalue weighted by Crippen LogP contribution is -2.27. The van der Waals surface area contributed by atoms with Crippen molar-refractivity contribution in [1.82, 2.24) is 10.2 Å². The molecule has 0 amide bonds. The quantitative estimate of drug-likeness (QED) is 0.835. The van der Waals surface area contributed by atoms with Crippen molar-refractivity contribution in [2.45, 2.75) is 6.54 Å². The van der Waals surface area contributed by atoms with Crippen LogP contribution in [0.25, 0.3) is 0 Å². The van der Waals surface area contributed by atoms with Crippen LogP contribution in [0.4, 0.5) is 0 Å². The fourth-order valence-electron chi connectivity index (χ4n) is 1.72. The van der Waals surface area contributed by atoms with Crippen molar-refractivity contribution in [3.05, 3.63) is 22.2 Å². The maximum absolute atomic E-state index is 5.40. The highest BCUT2D eigenvalue weighted by Crippen LogP contribution is 2.33. The minimum absolute atomic E-state index is 0.827. The zero-order valence-electron chi connectivity index (χ0n) is 11.4. The third-order valence-electron chi connectivity index (χ3n) is 2.74. The Balaban J connectivity index is 2.85. The van der Waals surface area contributed by atoms with E-state index in [-0.39, 0.29) is 0 Å². The van der Waals surface area contributed by atoms with E-state index >= 15 is 0 Å². The van der Waals surface area contributed by atoms with Gasteiger partial charge in [-0.05, 0) is 42.2 Å². The number of rotatable bonds is 7. The zero-order valence-corrected chi connectivity index (χ0v) is 13.0. The Morgan fingerprint density at radius 2 is 1.89 bits per heavy atom. The number of halogens is 1. The van der Waals surface area contributed by atoms with Crippen molar-refractivity contribution >= 4 is 15.9 Å². The second kappa shape index (κ2) is 7.61. The first kappa shape index (κ1) is 15.3. The highest BCUT2D eigenvalue weighted by Gasteiger charge is 2.11. The average molecular weight is 317 g/mol. The zero-order chi connectivity index (χ0) is 13.5. The largest absolute Gasteiger partial charge is 0.496 e. The summed E-state index contributed by atoms with van der Waals surface area (Å²) in [5, 5.41) is 3.14. The number of nitrogens with zero attached hydrogens (tertiary/aromatic N) is 1. The van der Waals surface area contributed by atoms with Crippen LogP contribution < -0.4 is 14.8 Å². The van der Waals surface area contributed by atoms with Crippen molar-refractivity contribution in [3.63, 3.8) is 0 Å². The molecule has 0 aliphatic carbocycles. The van der Waals surface area contributed by atoms with Crippen LogP contribution in [0, 0.1) is 0 Å². The lowest BCUT2D eigenvalue weighted by Gasteiger charge is -2.19. The van der Waals surface area contributed by atoms with Gasteiger partial charge in [0.1, 0.15) is 11.5 Å². The molecule has 0 atom stereocenters. The van der Waals surface area contributed by atoms with Gasteiger partial charge in [-0.3, -0.25) is 0 Å². The van der Waals surface area contributed by atoms with Crippen LogP contribution in [0.3, 0.4) is 0 Å². The summed E-state index contributed by atoms with van der Waals surface area (Å²) in [6, 6.07) is 3.96. The number of benzene rings is 1. The molecule has 1 aromatic rings. The fraction of sp³-hybridized carbons (Fsp3) is 0.538. The maximum atomic E-state index is 5.40. The van der Waals surface area contributed by atoms with Crippen LogP contribution in [0.2, 0.25) is 0 Å². The van der Waals surface area contributed by atoms with Gasteiger partial charge < -0.3 is 19.7 Å². The van der Waals surface area contributed by atoms with Crippen molar-refractivity contribution in [2.24, 2.45) is 0 Å². The highest BCUT2D eigenvalue weighted by atomic mass is 79.9.